The van der Waals surface area contributed by atoms with Gasteiger partial charge >= 0.3 is 6.03 Å². The van der Waals surface area contributed by atoms with Gasteiger partial charge in [0.15, 0.2) is 5.75 Å². The Hall–Kier alpha value is -3.80. The maximum atomic E-state index is 13.0. The monoisotopic (exact) mass is 468 g/mol. The van der Waals surface area contributed by atoms with Crippen LogP contribution >= 0.6 is 0 Å². The number of fused-ring (bicyclic) bond motifs is 2. The SMILES string of the molecule is Cc1cccc(CNC(=O)N2CCN(C3=Nc4ccc(C)cc4Oc4ccc(C)cc43)C[C@@H]2C)c1. The van der Waals surface area contributed by atoms with Gasteiger partial charge in [-0.15, -0.1) is 0 Å². The molecule has 0 bridgehead atoms. The Labute approximate surface area is 207 Å². The van der Waals surface area contributed by atoms with E-state index in [1.54, 1.807) is 0 Å². The molecule has 5 rings (SSSR count). The number of aryl methyl sites for hydroxylation is 3. The number of amidine groups is 1. The molecule has 1 atom stereocenters. The molecule has 6 heteroatoms. The predicted molar refractivity (Wildman–Crippen MR) is 140 cm³/mol. The number of nitrogens with zero attached hydrogens (tertiary/aromatic N) is 3. The van der Waals surface area contributed by atoms with Crippen LogP contribution in [0.3, 0.4) is 0 Å². The number of piperazine rings is 1. The molecule has 1 saturated heterocycles. The van der Waals surface area contributed by atoms with Gasteiger partial charge in [0, 0.05) is 32.2 Å². The second-order valence-corrected chi connectivity index (χ2v) is 9.64. The number of carbonyl (C=O) groups is 1. The first-order chi connectivity index (χ1) is 16.9. The summed E-state index contributed by atoms with van der Waals surface area (Å²) in [6, 6.07) is 20.6. The van der Waals surface area contributed by atoms with E-state index < -0.39 is 0 Å². The third-order valence-electron chi connectivity index (χ3n) is 6.65. The number of amides is 2. The Morgan fingerprint density at radius 3 is 2.54 bits per heavy atom. The minimum atomic E-state index is -0.0261. The van der Waals surface area contributed by atoms with Gasteiger partial charge in [0.2, 0.25) is 0 Å². The summed E-state index contributed by atoms with van der Waals surface area (Å²) in [5.41, 5.74) is 6.41. The van der Waals surface area contributed by atoms with Gasteiger partial charge in [-0.3, -0.25) is 0 Å². The largest absolute Gasteiger partial charge is 0.454 e. The molecule has 1 fully saturated rings. The van der Waals surface area contributed by atoms with Gasteiger partial charge in [0.05, 0.1) is 5.56 Å². The number of hydrogen-bond donors (Lipinski definition) is 1. The summed E-state index contributed by atoms with van der Waals surface area (Å²) >= 11 is 0. The molecule has 35 heavy (non-hydrogen) atoms. The first kappa shape index (κ1) is 23.0. The molecule has 0 radical (unpaired) electrons. The fourth-order valence-electron chi connectivity index (χ4n) is 4.79. The number of ether oxygens (including phenoxy) is 1. The van der Waals surface area contributed by atoms with Crippen molar-refractivity contribution >= 4 is 17.6 Å². The molecule has 2 heterocycles. The van der Waals surface area contributed by atoms with Gasteiger partial charge in [-0.2, -0.15) is 0 Å². The van der Waals surface area contributed by atoms with Crippen LogP contribution in [0.15, 0.2) is 65.7 Å². The summed E-state index contributed by atoms with van der Waals surface area (Å²) in [5.74, 6) is 2.48. The lowest BCUT2D eigenvalue weighted by molar-refractivity contribution is 0.134. The number of carbonyl (C=O) groups excluding carboxylic acids is 1. The van der Waals surface area contributed by atoms with Crippen LogP contribution in [0.5, 0.6) is 11.5 Å². The quantitative estimate of drug-likeness (QED) is 0.524. The van der Waals surface area contributed by atoms with Crippen LogP contribution < -0.4 is 10.1 Å². The Morgan fingerprint density at radius 2 is 1.74 bits per heavy atom. The molecule has 3 aromatic carbocycles. The molecule has 3 aromatic rings. The van der Waals surface area contributed by atoms with E-state index in [2.05, 4.69) is 68.2 Å². The topological polar surface area (TPSA) is 57.2 Å². The highest BCUT2D eigenvalue weighted by Gasteiger charge is 2.31. The van der Waals surface area contributed by atoms with Crippen molar-refractivity contribution in [2.45, 2.75) is 40.3 Å². The first-order valence-electron chi connectivity index (χ1n) is 12.2. The summed E-state index contributed by atoms with van der Waals surface area (Å²) < 4.78 is 6.31. The number of rotatable bonds is 2. The van der Waals surface area contributed by atoms with Crippen LogP contribution in [0.4, 0.5) is 10.5 Å². The first-order valence-corrected chi connectivity index (χ1v) is 12.2. The highest BCUT2D eigenvalue weighted by atomic mass is 16.5. The van der Waals surface area contributed by atoms with E-state index in [-0.39, 0.29) is 12.1 Å². The summed E-state index contributed by atoms with van der Waals surface area (Å²) in [7, 11) is 0. The highest BCUT2D eigenvalue weighted by molar-refractivity contribution is 6.04. The van der Waals surface area contributed by atoms with Crippen LogP contribution in [0, 0.1) is 20.8 Å². The fourth-order valence-corrected chi connectivity index (χ4v) is 4.79. The number of benzene rings is 3. The normalized spacial score (nSPS) is 17.0. The fraction of sp³-hybridized carbons (Fsp3) is 0.310. The molecule has 2 amide bonds. The average molecular weight is 469 g/mol. The van der Waals surface area contributed by atoms with Crippen LogP contribution in [0.2, 0.25) is 0 Å². The van der Waals surface area contributed by atoms with Crippen molar-refractivity contribution in [3.8, 4) is 11.5 Å². The van der Waals surface area contributed by atoms with Crippen molar-refractivity contribution in [2.75, 3.05) is 19.6 Å². The zero-order chi connectivity index (χ0) is 24.5. The second-order valence-electron chi connectivity index (χ2n) is 9.64. The van der Waals surface area contributed by atoms with Crippen LogP contribution in [-0.4, -0.2) is 47.3 Å². The molecule has 2 aliphatic rings. The number of urea groups is 1. The average Bonchev–Trinajstić information content (AvgIpc) is 2.98. The number of aliphatic imine (C=N–C) groups is 1. The van der Waals surface area contributed by atoms with Crippen LogP contribution in [0.25, 0.3) is 0 Å². The third-order valence-corrected chi connectivity index (χ3v) is 6.65. The lowest BCUT2D eigenvalue weighted by atomic mass is 10.1. The Morgan fingerprint density at radius 1 is 0.971 bits per heavy atom. The number of nitrogens with one attached hydrogen (secondary N) is 1. The summed E-state index contributed by atoms with van der Waals surface area (Å²) in [6.45, 7) is 10.9. The van der Waals surface area contributed by atoms with Gasteiger partial charge in [-0.25, -0.2) is 9.79 Å². The molecular formula is C29H32N4O2. The molecule has 0 aliphatic carbocycles. The molecule has 0 unspecified atom stereocenters. The predicted octanol–water partition coefficient (Wildman–Crippen LogP) is 5.71. The zero-order valence-corrected chi connectivity index (χ0v) is 20.8. The molecule has 0 saturated carbocycles. The molecule has 6 nitrogen and oxygen atoms in total. The van der Waals surface area contributed by atoms with E-state index in [1.807, 2.05) is 35.2 Å². The minimum absolute atomic E-state index is 0.0261. The molecule has 2 aliphatic heterocycles. The van der Waals surface area contributed by atoms with E-state index in [1.165, 1.54) is 5.56 Å². The van der Waals surface area contributed by atoms with Crippen molar-refractivity contribution in [1.82, 2.24) is 15.1 Å². The Bertz CT molecular complexity index is 1300. The molecule has 1 N–H and O–H groups in total. The van der Waals surface area contributed by atoms with E-state index in [0.29, 0.717) is 26.2 Å². The maximum absolute atomic E-state index is 13.0. The minimum Gasteiger partial charge on any atom is -0.454 e. The van der Waals surface area contributed by atoms with E-state index >= 15 is 0 Å². The number of hydrogen-bond acceptors (Lipinski definition) is 4. The Balaban J connectivity index is 1.35. The second kappa shape index (κ2) is 9.45. The van der Waals surface area contributed by atoms with E-state index in [0.717, 1.165) is 45.3 Å². The van der Waals surface area contributed by atoms with Gasteiger partial charge in [-0.1, -0.05) is 47.5 Å². The summed E-state index contributed by atoms with van der Waals surface area (Å²) in [6.07, 6.45) is 0. The molecule has 180 valence electrons. The van der Waals surface area contributed by atoms with Gasteiger partial charge in [-0.05, 0) is 63.1 Å². The standard InChI is InChI=1S/C29H32N4O2/c1-19-6-5-7-23(14-19)17-30-29(34)33-13-12-32(18-22(33)4)28-24-15-20(2)9-11-26(24)35-27-16-21(3)8-10-25(27)31-28/h5-11,14-16,22H,12-13,17-18H2,1-4H3,(H,30,34)/t22-/m0/s1. The third kappa shape index (κ3) is 4.87. The molecular weight excluding hydrogens is 436 g/mol. The van der Waals surface area contributed by atoms with Gasteiger partial charge in [0.25, 0.3) is 0 Å². The van der Waals surface area contributed by atoms with E-state index in [4.69, 9.17) is 9.73 Å². The molecule has 0 spiro atoms. The van der Waals surface area contributed by atoms with Gasteiger partial charge < -0.3 is 19.9 Å². The lowest BCUT2D eigenvalue weighted by Crippen LogP contribution is -2.57. The van der Waals surface area contributed by atoms with Crippen LogP contribution in [0.1, 0.15) is 34.7 Å². The summed E-state index contributed by atoms with van der Waals surface area (Å²) in [4.78, 5) is 22.3. The lowest BCUT2D eigenvalue weighted by Gasteiger charge is -2.41. The van der Waals surface area contributed by atoms with E-state index in [9.17, 15) is 4.79 Å². The Kier molecular flexibility index (Phi) is 6.20. The van der Waals surface area contributed by atoms with Crippen molar-refractivity contribution in [1.29, 1.82) is 0 Å². The summed E-state index contributed by atoms with van der Waals surface area (Å²) in [5, 5.41) is 3.09. The molecule has 0 aromatic heterocycles. The van der Waals surface area contributed by atoms with Crippen molar-refractivity contribution in [2.24, 2.45) is 4.99 Å². The highest BCUT2D eigenvalue weighted by Crippen LogP contribution is 2.39. The van der Waals surface area contributed by atoms with Crippen molar-refractivity contribution in [3.05, 3.63) is 88.5 Å². The zero-order valence-electron chi connectivity index (χ0n) is 20.8. The van der Waals surface area contributed by atoms with Crippen LogP contribution in [-0.2, 0) is 6.54 Å². The van der Waals surface area contributed by atoms with Crippen molar-refractivity contribution in [3.63, 3.8) is 0 Å². The smallest absolute Gasteiger partial charge is 0.318 e. The maximum Gasteiger partial charge on any atom is 0.318 e. The van der Waals surface area contributed by atoms with Crippen molar-refractivity contribution < 1.29 is 9.53 Å². The van der Waals surface area contributed by atoms with Gasteiger partial charge in [0.1, 0.15) is 17.3 Å².